The van der Waals surface area contributed by atoms with Gasteiger partial charge in [0.05, 0.1) is 5.69 Å². The molecule has 1 aromatic heterocycles. The van der Waals surface area contributed by atoms with Crippen LogP contribution in [0.1, 0.15) is 0 Å². The summed E-state index contributed by atoms with van der Waals surface area (Å²) in [6, 6.07) is 14.4. The summed E-state index contributed by atoms with van der Waals surface area (Å²) in [6.45, 7) is 0. The standard InChI is InChI=1S/C13H15N3/c1-14-13(15-2)16-10-6-9-12(16)11-7-4-3-5-8-11/h3-10H,1-2H3,(H,14,15). The second kappa shape index (κ2) is 4.66. The predicted molar refractivity (Wildman–Crippen MR) is 67.7 cm³/mol. The molecule has 82 valence electrons. The Morgan fingerprint density at radius 2 is 1.88 bits per heavy atom. The Balaban J connectivity index is 2.48. The maximum Gasteiger partial charge on any atom is 0.202 e. The van der Waals surface area contributed by atoms with Gasteiger partial charge >= 0.3 is 0 Å². The predicted octanol–water partition coefficient (Wildman–Crippen LogP) is 2.21. The van der Waals surface area contributed by atoms with Crippen LogP contribution >= 0.6 is 0 Å². The fraction of sp³-hybridized carbons (Fsp3) is 0.154. The Hall–Kier alpha value is -2.03. The maximum absolute atomic E-state index is 4.20. The largest absolute Gasteiger partial charge is 0.359 e. The Morgan fingerprint density at radius 1 is 1.12 bits per heavy atom. The molecule has 1 aromatic carbocycles. The maximum atomic E-state index is 4.20. The second-order valence-electron chi connectivity index (χ2n) is 3.43. The van der Waals surface area contributed by atoms with Crippen LogP contribution in [0.4, 0.5) is 0 Å². The minimum Gasteiger partial charge on any atom is -0.359 e. The highest BCUT2D eigenvalue weighted by atomic mass is 15.2. The van der Waals surface area contributed by atoms with Crippen LogP contribution < -0.4 is 5.32 Å². The molecule has 0 spiro atoms. The van der Waals surface area contributed by atoms with Crippen molar-refractivity contribution in [3.8, 4) is 11.3 Å². The van der Waals surface area contributed by atoms with Gasteiger partial charge in [0.25, 0.3) is 0 Å². The van der Waals surface area contributed by atoms with Gasteiger partial charge in [0.1, 0.15) is 0 Å². The van der Waals surface area contributed by atoms with Crippen molar-refractivity contribution in [2.24, 2.45) is 4.99 Å². The summed E-state index contributed by atoms with van der Waals surface area (Å²) in [6.07, 6.45) is 2.00. The van der Waals surface area contributed by atoms with Gasteiger partial charge in [-0.2, -0.15) is 0 Å². The fourth-order valence-electron chi connectivity index (χ4n) is 1.75. The molecule has 0 atom stereocenters. The quantitative estimate of drug-likeness (QED) is 0.571. The van der Waals surface area contributed by atoms with Crippen LogP contribution in [0.3, 0.4) is 0 Å². The Morgan fingerprint density at radius 3 is 2.50 bits per heavy atom. The van der Waals surface area contributed by atoms with Crippen LogP contribution in [0.25, 0.3) is 11.3 Å². The molecule has 0 bridgehead atoms. The molecule has 1 heterocycles. The van der Waals surface area contributed by atoms with Gasteiger partial charge < -0.3 is 5.32 Å². The summed E-state index contributed by atoms with van der Waals surface area (Å²) in [5.41, 5.74) is 2.32. The molecule has 0 aliphatic heterocycles. The number of nitrogens with one attached hydrogen (secondary N) is 1. The minimum absolute atomic E-state index is 0.837. The van der Waals surface area contributed by atoms with E-state index in [9.17, 15) is 0 Å². The van der Waals surface area contributed by atoms with Gasteiger partial charge in [-0.1, -0.05) is 30.3 Å². The van der Waals surface area contributed by atoms with E-state index in [4.69, 9.17) is 0 Å². The lowest BCUT2D eigenvalue weighted by Gasteiger charge is -2.10. The smallest absolute Gasteiger partial charge is 0.202 e. The first-order valence-corrected chi connectivity index (χ1v) is 5.24. The first-order chi connectivity index (χ1) is 7.86. The molecule has 16 heavy (non-hydrogen) atoms. The fourth-order valence-corrected chi connectivity index (χ4v) is 1.75. The van der Waals surface area contributed by atoms with Gasteiger partial charge in [0.2, 0.25) is 5.96 Å². The normalized spacial score (nSPS) is 11.5. The molecule has 0 aliphatic rings. The van der Waals surface area contributed by atoms with Gasteiger partial charge in [0.15, 0.2) is 0 Å². The van der Waals surface area contributed by atoms with E-state index in [1.807, 2.05) is 42.1 Å². The van der Waals surface area contributed by atoms with Crippen molar-refractivity contribution in [2.75, 3.05) is 14.1 Å². The number of benzene rings is 1. The zero-order chi connectivity index (χ0) is 11.4. The van der Waals surface area contributed by atoms with Crippen molar-refractivity contribution >= 4 is 5.96 Å². The third kappa shape index (κ3) is 1.84. The Kier molecular flexibility index (Phi) is 3.05. The molecular weight excluding hydrogens is 198 g/mol. The van der Waals surface area contributed by atoms with E-state index < -0.39 is 0 Å². The highest BCUT2D eigenvalue weighted by Gasteiger charge is 2.06. The minimum atomic E-state index is 0.837. The molecule has 0 fully saturated rings. The van der Waals surface area contributed by atoms with Crippen LogP contribution in [0.15, 0.2) is 53.7 Å². The average Bonchev–Trinajstić information content (AvgIpc) is 2.81. The van der Waals surface area contributed by atoms with Crippen LogP contribution in [0, 0.1) is 0 Å². The number of hydrogen-bond acceptors (Lipinski definition) is 1. The molecule has 0 radical (unpaired) electrons. The van der Waals surface area contributed by atoms with Crippen molar-refractivity contribution in [2.45, 2.75) is 0 Å². The lowest BCUT2D eigenvalue weighted by molar-refractivity contribution is 1.01. The van der Waals surface area contributed by atoms with Gasteiger partial charge in [-0.15, -0.1) is 0 Å². The molecule has 3 heteroatoms. The van der Waals surface area contributed by atoms with E-state index in [0.717, 1.165) is 11.7 Å². The SMILES string of the molecule is CN=C(NC)n1cccc1-c1ccccc1. The van der Waals surface area contributed by atoms with E-state index >= 15 is 0 Å². The van der Waals surface area contributed by atoms with Gasteiger partial charge in [-0.05, 0) is 17.7 Å². The van der Waals surface area contributed by atoms with Crippen molar-refractivity contribution < 1.29 is 0 Å². The molecule has 2 rings (SSSR count). The van der Waals surface area contributed by atoms with E-state index in [1.54, 1.807) is 7.05 Å². The first kappa shape index (κ1) is 10.5. The van der Waals surface area contributed by atoms with Gasteiger partial charge in [0, 0.05) is 20.3 Å². The van der Waals surface area contributed by atoms with Crippen LogP contribution in [-0.2, 0) is 0 Å². The number of aliphatic imine (C=N–C) groups is 1. The van der Waals surface area contributed by atoms with Crippen molar-refractivity contribution in [3.63, 3.8) is 0 Å². The summed E-state index contributed by atoms with van der Waals surface area (Å²) < 4.78 is 2.04. The zero-order valence-corrected chi connectivity index (χ0v) is 9.51. The van der Waals surface area contributed by atoms with Gasteiger partial charge in [-0.3, -0.25) is 9.56 Å². The lowest BCUT2D eigenvalue weighted by Crippen LogP contribution is -2.26. The van der Waals surface area contributed by atoms with Crippen LogP contribution in [-0.4, -0.2) is 24.6 Å². The summed E-state index contributed by atoms with van der Waals surface area (Å²) in [5, 5.41) is 3.08. The third-order valence-electron chi connectivity index (χ3n) is 2.48. The summed E-state index contributed by atoms with van der Waals surface area (Å²) in [5.74, 6) is 0.837. The number of rotatable bonds is 1. The van der Waals surface area contributed by atoms with E-state index in [1.165, 1.54) is 5.56 Å². The topological polar surface area (TPSA) is 29.3 Å². The Bertz CT molecular complexity index is 483. The molecule has 0 saturated heterocycles. The monoisotopic (exact) mass is 213 g/mol. The molecule has 2 aromatic rings. The highest BCUT2D eigenvalue weighted by Crippen LogP contribution is 2.19. The highest BCUT2D eigenvalue weighted by molar-refractivity contribution is 5.86. The molecule has 0 saturated carbocycles. The molecule has 1 N–H and O–H groups in total. The third-order valence-corrected chi connectivity index (χ3v) is 2.48. The van der Waals surface area contributed by atoms with Gasteiger partial charge in [-0.25, -0.2) is 0 Å². The van der Waals surface area contributed by atoms with Crippen molar-refractivity contribution in [3.05, 3.63) is 48.7 Å². The summed E-state index contributed by atoms with van der Waals surface area (Å²) in [7, 11) is 3.65. The molecular formula is C13H15N3. The number of aromatic nitrogens is 1. The Labute approximate surface area is 95.4 Å². The molecule has 0 amide bonds. The second-order valence-corrected chi connectivity index (χ2v) is 3.43. The van der Waals surface area contributed by atoms with E-state index in [-0.39, 0.29) is 0 Å². The average molecular weight is 213 g/mol. The zero-order valence-electron chi connectivity index (χ0n) is 9.51. The molecule has 0 aliphatic carbocycles. The van der Waals surface area contributed by atoms with Crippen LogP contribution in [0.5, 0.6) is 0 Å². The van der Waals surface area contributed by atoms with Crippen molar-refractivity contribution in [1.29, 1.82) is 0 Å². The van der Waals surface area contributed by atoms with Crippen molar-refractivity contribution in [1.82, 2.24) is 9.88 Å². The lowest BCUT2D eigenvalue weighted by atomic mass is 10.1. The first-order valence-electron chi connectivity index (χ1n) is 5.24. The summed E-state index contributed by atoms with van der Waals surface area (Å²) >= 11 is 0. The number of hydrogen-bond donors (Lipinski definition) is 1. The van der Waals surface area contributed by atoms with E-state index in [0.29, 0.717) is 0 Å². The number of nitrogens with zero attached hydrogens (tertiary/aromatic N) is 2. The van der Waals surface area contributed by atoms with E-state index in [2.05, 4.69) is 28.5 Å². The molecule has 0 unspecified atom stereocenters. The van der Waals surface area contributed by atoms with Crippen LogP contribution in [0.2, 0.25) is 0 Å². The molecule has 3 nitrogen and oxygen atoms in total. The summed E-state index contributed by atoms with van der Waals surface area (Å²) in [4.78, 5) is 4.20.